The first-order chi connectivity index (χ1) is 14.2. The number of thiophene rings is 1. The largest absolute Gasteiger partial charge is 0.337 e. The highest BCUT2D eigenvalue weighted by Gasteiger charge is 2.32. The summed E-state index contributed by atoms with van der Waals surface area (Å²) in [7, 11) is 0. The Morgan fingerprint density at radius 3 is 2.93 bits per heavy atom. The van der Waals surface area contributed by atoms with Crippen LogP contribution >= 0.6 is 11.3 Å². The van der Waals surface area contributed by atoms with E-state index >= 15 is 0 Å². The second-order valence-electron chi connectivity index (χ2n) is 8.55. The number of carbonyl (C=O) groups is 1. The van der Waals surface area contributed by atoms with Crippen molar-refractivity contribution in [3.8, 4) is 0 Å². The normalized spacial score (nSPS) is 24.8. The average molecular weight is 413 g/mol. The van der Waals surface area contributed by atoms with Gasteiger partial charge in [-0.1, -0.05) is 6.07 Å². The fourth-order valence-electron chi connectivity index (χ4n) is 5.08. The summed E-state index contributed by atoms with van der Waals surface area (Å²) >= 11 is 1.78. The maximum absolute atomic E-state index is 13.2. The third-order valence-electron chi connectivity index (χ3n) is 6.57. The van der Waals surface area contributed by atoms with Gasteiger partial charge in [0.05, 0.1) is 0 Å². The predicted molar refractivity (Wildman–Crippen MR) is 115 cm³/mol. The van der Waals surface area contributed by atoms with Crippen LogP contribution in [0.5, 0.6) is 0 Å². The molecular weight excluding hydrogens is 384 g/mol. The molecule has 1 amide bonds. The molecule has 29 heavy (non-hydrogen) atoms. The number of amides is 1. The quantitative estimate of drug-likeness (QED) is 0.838. The molecule has 0 radical (unpaired) electrons. The molecule has 6 nitrogen and oxygen atoms in total. The number of nitrogens with one attached hydrogen (secondary N) is 1. The van der Waals surface area contributed by atoms with Gasteiger partial charge < -0.3 is 14.8 Å². The summed E-state index contributed by atoms with van der Waals surface area (Å²) in [5.41, 5.74) is 1.34. The van der Waals surface area contributed by atoms with Gasteiger partial charge in [0.2, 0.25) is 0 Å². The van der Waals surface area contributed by atoms with Gasteiger partial charge in [-0.15, -0.1) is 11.3 Å². The Labute approximate surface area is 175 Å². The van der Waals surface area contributed by atoms with Gasteiger partial charge in [-0.3, -0.25) is 14.5 Å². The van der Waals surface area contributed by atoms with Gasteiger partial charge in [0.1, 0.15) is 5.56 Å². The fourth-order valence-corrected chi connectivity index (χ4v) is 5.83. The molecular formula is C22H28N4O2S. The molecule has 154 valence electrons. The smallest absolute Gasteiger partial charge is 0.263 e. The number of aromatic nitrogens is 1. The van der Waals surface area contributed by atoms with Crippen molar-refractivity contribution < 1.29 is 4.79 Å². The molecule has 2 fully saturated rings. The molecule has 0 spiro atoms. The number of rotatable bonds is 3. The minimum atomic E-state index is -0.0999. The van der Waals surface area contributed by atoms with E-state index in [0.717, 1.165) is 64.3 Å². The lowest BCUT2D eigenvalue weighted by atomic mass is 9.84. The Kier molecular flexibility index (Phi) is 5.28. The van der Waals surface area contributed by atoms with Crippen LogP contribution in [0.15, 0.2) is 34.4 Å². The molecule has 1 N–H and O–H groups in total. The van der Waals surface area contributed by atoms with Gasteiger partial charge >= 0.3 is 0 Å². The van der Waals surface area contributed by atoms with Crippen LogP contribution < -0.4 is 10.9 Å². The minimum absolute atomic E-state index is 0.0937. The summed E-state index contributed by atoms with van der Waals surface area (Å²) in [6.07, 6.45) is 2.09. The number of hydrogen-bond acceptors (Lipinski definition) is 5. The Balaban J connectivity index is 1.32. The van der Waals surface area contributed by atoms with Crippen molar-refractivity contribution >= 4 is 17.2 Å². The molecule has 0 unspecified atom stereocenters. The first kappa shape index (κ1) is 19.0. The lowest BCUT2D eigenvalue weighted by Crippen LogP contribution is -2.46. The Morgan fingerprint density at radius 1 is 1.14 bits per heavy atom. The van der Waals surface area contributed by atoms with Crippen molar-refractivity contribution in [2.24, 2.45) is 5.92 Å². The second-order valence-corrected chi connectivity index (χ2v) is 9.58. The van der Waals surface area contributed by atoms with Crippen molar-refractivity contribution in [2.45, 2.75) is 31.8 Å². The summed E-state index contributed by atoms with van der Waals surface area (Å²) in [5, 5.41) is 5.58. The third kappa shape index (κ3) is 3.79. The van der Waals surface area contributed by atoms with Crippen LogP contribution in [-0.2, 0) is 13.1 Å². The Hall–Kier alpha value is -1.96. The second kappa shape index (κ2) is 8.05. The number of carbonyl (C=O) groups excluding carboxylic acids is 1. The monoisotopic (exact) mass is 412 g/mol. The summed E-state index contributed by atoms with van der Waals surface area (Å²) in [6, 6.07) is 8.04. The minimum Gasteiger partial charge on any atom is -0.337 e. The van der Waals surface area contributed by atoms with E-state index in [-0.39, 0.29) is 11.5 Å². The van der Waals surface area contributed by atoms with E-state index in [1.165, 1.54) is 4.88 Å². The van der Waals surface area contributed by atoms with Crippen LogP contribution in [0.4, 0.5) is 0 Å². The Morgan fingerprint density at radius 2 is 2.07 bits per heavy atom. The number of fused-ring (bicyclic) bond motifs is 4. The van der Waals surface area contributed by atoms with Crippen molar-refractivity contribution in [3.63, 3.8) is 0 Å². The topological polar surface area (TPSA) is 57.6 Å². The van der Waals surface area contributed by atoms with Crippen LogP contribution in [0.2, 0.25) is 0 Å². The zero-order valence-electron chi connectivity index (χ0n) is 16.7. The zero-order valence-corrected chi connectivity index (χ0v) is 17.5. The van der Waals surface area contributed by atoms with E-state index in [2.05, 4.69) is 27.7 Å². The maximum Gasteiger partial charge on any atom is 0.263 e. The highest BCUT2D eigenvalue weighted by molar-refractivity contribution is 7.09. The maximum atomic E-state index is 13.2. The van der Waals surface area contributed by atoms with Crippen molar-refractivity contribution in [1.82, 2.24) is 19.7 Å². The molecule has 3 aliphatic heterocycles. The lowest BCUT2D eigenvalue weighted by Gasteiger charge is -2.37. The van der Waals surface area contributed by atoms with Crippen LogP contribution in [0, 0.1) is 5.92 Å². The average Bonchev–Trinajstić information content (AvgIpc) is 3.13. The standard InChI is InChI=1S/C22H28N4O2S/c27-21(25-7-2-6-24(8-9-25)15-18-3-1-10-29-18)19-4-5-20-17-11-16(12-23-13-17)14-26(20)22(19)28/h1,3-5,10,16-17,23H,2,6-9,11-15H2/t16-,17+/m0/s1. The lowest BCUT2D eigenvalue weighted by molar-refractivity contribution is 0.0758. The van der Waals surface area contributed by atoms with Gasteiger partial charge in [-0.2, -0.15) is 0 Å². The molecule has 5 rings (SSSR count). The predicted octanol–water partition coefficient (Wildman–Crippen LogP) is 1.96. The third-order valence-corrected chi connectivity index (χ3v) is 7.44. The summed E-state index contributed by atoms with van der Waals surface area (Å²) in [4.78, 5) is 32.0. The highest BCUT2D eigenvalue weighted by Crippen LogP contribution is 2.31. The molecule has 7 heteroatoms. The molecule has 2 atom stereocenters. The van der Waals surface area contributed by atoms with Crippen LogP contribution in [0.3, 0.4) is 0 Å². The van der Waals surface area contributed by atoms with E-state index in [4.69, 9.17) is 0 Å². The summed E-state index contributed by atoms with van der Waals surface area (Å²) in [5.74, 6) is 0.786. The number of piperidine rings is 1. The molecule has 2 aromatic rings. The first-order valence-corrected chi connectivity index (χ1v) is 11.6. The number of hydrogen-bond donors (Lipinski definition) is 1. The van der Waals surface area contributed by atoms with Gasteiger partial charge in [0.25, 0.3) is 11.5 Å². The van der Waals surface area contributed by atoms with Crippen molar-refractivity contribution in [3.05, 3.63) is 56.1 Å². The first-order valence-electron chi connectivity index (χ1n) is 10.7. The number of nitrogens with zero attached hydrogens (tertiary/aromatic N) is 3. The molecule has 0 aromatic carbocycles. The summed E-state index contributed by atoms with van der Waals surface area (Å²) in [6.45, 7) is 6.80. The fraction of sp³-hybridized carbons (Fsp3) is 0.545. The molecule has 2 bridgehead atoms. The molecule has 2 aromatic heterocycles. The van der Waals surface area contributed by atoms with Crippen molar-refractivity contribution in [2.75, 3.05) is 39.3 Å². The van der Waals surface area contributed by atoms with E-state index in [1.54, 1.807) is 17.4 Å². The van der Waals surface area contributed by atoms with E-state index < -0.39 is 0 Å². The van der Waals surface area contributed by atoms with Gasteiger partial charge in [0.15, 0.2) is 0 Å². The molecule has 2 saturated heterocycles. The Bertz CT molecular complexity index is 939. The van der Waals surface area contributed by atoms with Gasteiger partial charge in [0, 0.05) is 62.3 Å². The molecule has 0 aliphatic carbocycles. The SMILES string of the molecule is O=C(c1ccc2n(c1=O)C[C@@H]1CNC[C@H]2C1)N1CCCN(Cc2cccs2)CC1. The zero-order chi connectivity index (χ0) is 19.8. The van der Waals surface area contributed by atoms with Crippen LogP contribution in [-0.4, -0.2) is 59.5 Å². The van der Waals surface area contributed by atoms with Gasteiger partial charge in [-0.05, 0) is 48.9 Å². The van der Waals surface area contributed by atoms with Crippen LogP contribution in [0.25, 0.3) is 0 Å². The van der Waals surface area contributed by atoms with Crippen molar-refractivity contribution in [1.29, 1.82) is 0 Å². The summed E-state index contributed by atoms with van der Waals surface area (Å²) < 4.78 is 1.88. The molecule has 0 saturated carbocycles. The highest BCUT2D eigenvalue weighted by atomic mass is 32.1. The van der Waals surface area contributed by atoms with E-state index in [1.807, 2.05) is 15.5 Å². The van der Waals surface area contributed by atoms with Gasteiger partial charge in [-0.25, -0.2) is 0 Å². The van der Waals surface area contributed by atoms with E-state index in [9.17, 15) is 9.59 Å². The van der Waals surface area contributed by atoms with E-state index in [0.29, 0.717) is 23.9 Å². The van der Waals surface area contributed by atoms with Crippen LogP contribution in [0.1, 0.15) is 39.7 Å². The molecule has 5 heterocycles. The number of pyridine rings is 1. The molecule has 3 aliphatic rings.